The Balaban J connectivity index is 0.559. The molecule has 0 saturated heterocycles. The van der Waals surface area contributed by atoms with Crippen LogP contribution >= 0.6 is 0 Å². The smallest absolute Gasteiger partial charge is 0.0547 e. The van der Waals surface area contributed by atoms with Crippen LogP contribution in [0.25, 0.3) is 210 Å². The van der Waals surface area contributed by atoms with Crippen molar-refractivity contribution < 1.29 is 0 Å². The van der Waals surface area contributed by atoms with Gasteiger partial charge in [-0.25, -0.2) is 0 Å². The summed E-state index contributed by atoms with van der Waals surface area (Å²) in [7, 11) is 0. The SMILES string of the molecule is c1ccc(-c2cc(-c3ccc(-c4ccc(-c5cc(-c6ccccc6)cc(-c6cccc(-n7c8ccccc8c8cc(-c9ccc%10c%11ccccc%11n(-c%11ccccc%11)c%10c9)ccc87)c6)c5)cc4)cc3)cc(-c3ccc(-n4c5ccccc5c5cc(-c6ccc7c8ccccc8n(-c8ccccc8)c7c6)ccc54)cc3)c2)cc1. The fourth-order valence-corrected chi connectivity index (χ4v) is 17.7. The Labute approximate surface area is 648 Å². The largest absolute Gasteiger partial charge is 0.309 e. The van der Waals surface area contributed by atoms with E-state index in [0.29, 0.717) is 0 Å². The summed E-state index contributed by atoms with van der Waals surface area (Å²) in [6, 6.07) is 157. The molecule has 0 aliphatic carbocycles. The molecule has 0 saturated carbocycles. The normalized spacial score (nSPS) is 11.8. The van der Waals surface area contributed by atoms with E-state index in [0.717, 1.165) is 72.8 Å². The van der Waals surface area contributed by atoms with E-state index in [1.165, 1.54) is 137 Å². The van der Waals surface area contributed by atoms with Crippen LogP contribution in [0.4, 0.5) is 0 Å². The molecule has 0 amide bonds. The second kappa shape index (κ2) is 26.5. The van der Waals surface area contributed by atoms with Gasteiger partial charge in [0.25, 0.3) is 0 Å². The highest BCUT2D eigenvalue weighted by molar-refractivity contribution is 6.15. The van der Waals surface area contributed by atoms with E-state index in [1.54, 1.807) is 0 Å². The van der Waals surface area contributed by atoms with Crippen LogP contribution in [0.5, 0.6) is 0 Å². The van der Waals surface area contributed by atoms with Gasteiger partial charge in [0.2, 0.25) is 0 Å². The number of rotatable bonds is 13. The average Bonchev–Trinajstić information content (AvgIpc) is 1.59. The van der Waals surface area contributed by atoms with Gasteiger partial charge >= 0.3 is 0 Å². The zero-order valence-electron chi connectivity index (χ0n) is 61.2. The molecule has 0 bridgehead atoms. The molecule has 0 N–H and O–H groups in total. The van der Waals surface area contributed by atoms with Crippen LogP contribution in [-0.4, -0.2) is 18.3 Å². The Morgan fingerprint density at radius 1 is 0.0982 bits per heavy atom. The Hall–Kier alpha value is -14.8. The van der Waals surface area contributed by atoms with E-state index in [4.69, 9.17) is 0 Å². The summed E-state index contributed by atoms with van der Waals surface area (Å²) >= 11 is 0. The van der Waals surface area contributed by atoms with Crippen molar-refractivity contribution in [3.8, 4) is 123 Å². The van der Waals surface area contributed by atoms with Gasteiger partial charge in [0.15, 0.2) is 0 Å². The highest BCUT2D eigenvalue weighted by Gasteiger charge is 2.21. The standard InChI is InChI=1S/C108H70N4/c1-5-22-71(23-6-1)83-60-85(63-86(61-83)77-48-54-91(55-49-77)109-103-38-19-15-34-95(103)99-67-79(52-58-105(99)109)81-50-56-97-93-32-13-17-36-101(93)110(107(97)69-81)89-27-9-3-10-28-89)75-44-40-73(41-45-75)74-42-46-76(47-43-74)87-62-84(72-24-7-2-8-25-72)64-88(65-87)78-26-21-31-92(66-78)112-104-39-20-16-35-96(104)100-68-80(53-59-106(100)112)82-51-57-98-94-33-14-18-37-102(94)111(108(98)70-82)90-29-11-4-12-30-90/h1-70H. The van der Waals surface area contributed by atoms with E-state index in [-0.39, 0.29) is 0 Å². The van der Waals surface area contributed by atoms with Gasteiger partial charge in [-0.15, -0.1) is 0 Å². The van der Waals surface area contributed by atoms with Gasteiger partial charge < -0.3 is 18.3 Å². The number of para-hydroxylation sites is 6. The van der Waals surface area contributed by atoms with E-state index < -0.39 is 0 Å². The van der Waals surface area contributed by atoms with Crippen LogP contribution in [0.15, 0.2) is 425 Å². The summed E-state index contributed by atoms with van der Waals surface area (Å²) in [4.78, 5) is 0. The molecule has 0 aliphatic rings. The third-order valence-electron chi connectivity index (χ3n) is 23.1. The molecule has 0 fully saturated rings. The molecule has 522 valence electrons. The number of fused-ring (bicyclic) bond motifs is 12. The topological polar surface area (TPSA) is 19.7 Å². The van der Waals surface area contributed by atoms with Crippen molar-refractivity contribution in [2.24, 2.45) is 0 Å². The van der Waals surface area contributed by atoms with Crippen molar-refractivity contribution >= 4 is 87.2 Å². The number of benzene rings is 18. The first-order chi connectivity index (χ1) is 55.5. The Bertz CT molecular complexity index is 7430. The van der Waals surface area contributed by atoms with Gasteiger partial charge in [-0.2, -0.15) is 0 Å². The summed E-state index contributed by atoms with van der Waals surface area (Å²) in [6.07, 6.45) is 0. The van der Waals surface area contributed by atoms with Gasteiger partial charge in [0.05, 0.1) is 44.1 Å². The van der Waals surface area contributed by atoms with E-state index in [2.05, 4.69) is 443 Å². The molecular weight excluding hydrogens is 1350 g/mol. The molecule has 22 aromatic rings. The summed E-state index contributed by atoms with van der Waals surface area (Å²) < 4.78 is 9.66. The fraction of sp³-hybridized carbons (Fsp3) is 0. The third-order valence-corrected chi connectivity index (χ3v) is 23.1. The quantitative estimate of drug-likeness (QED) is 0.110. The molecule has 18 aromatic carbocycles. The summed E-state index contributed by atoms with van der Waals surface area (Å²) in [5, 5.41) is 9.91. The lowest BCUT2D eigenvalue weighted by molar-refractivity contribution is 1.18. The van der Waals surface area contributed by atoms with Gasteiger partial charge in [0.1, 0.15) is 0 Å². The van der Waals surface area contributed by atoms with Crippen LogP contribution in [-0.2, 0) is 0 Å². The molecule has 0 atom stereocenters. The predicted octanol–water partition coefficient (Wildman–Crippen LogP) is 29.1. The van der Waals surface area contributed by atoms with E-state index >= 15 is 0 Å². The van der Waals surface area contributed by atoms with E-state index in [1.807, 2.05) is 0 Å². The number of nitrogens with zero attached hydrogens (tertiary/aromatic N) is 4. The van der Waals surface area contributed by atoms with E-state index in [9.17, 15) is 0 Å². The van der Waals surface area contributed by atoms with Crippen LogP contribution in [0.2, 0.25) is 0 Å². The molecular formula is C108H70N4. The molecule has 4 heteroatoms. The first-order valence-corrected chi connectivity index (χ1v) is 38.6. The first kappa shape index (κ1) is 64.3. The third kappa shape index (κ3) is 11.0. The van der Waals surface area contributed by atoms with Crippen molar-refractivity contribution in [2.75, 3.05) is 0 Å². The van der Waals surface area contributed by atoms with Crippen LogP contribution in [0.3, 0.4) is 0 Å². The van der Waals surface area contributed by atoms with Crippen molar-refractivity contribution in [3.63, 3.8) is 0 Å². The second-order valence-electron chi connectivity index (χ2n) is 29.6. The Morgan fingerprint density at radius 3 is 0.714 bits per heavy atom. The molecule has 4 nitrogen and oxygen atoms in total. The van der Waals surface area contributed by atoms with Gasteiger partial charge in [-0.1, -0.05) is 279 Å². The molecule has 0 aliphatic heterocycles. The Morgan fingerprint density at radius 2 is 0.321 bits per heavy atom. The molecule has 4 heterocycles. The van der Waals surface area contributed by atoms with Crippen molar-refractivity contribution in [2.45, 2.75) is 0 Å². The first-order valence-electron chi connectivity index (χ1n) is 38.6. The molecule has 4 aromatic heterocycles. The highest BCUT2D eigenvalue weighted by Crippen LogP contribution is 2.44. The second-order valence-corrected chi connectivity index (χ2v) is 29.6. The molecule has 22 rings (SSSR count). The van der Waals surface area contributed by atoms with Crippen LogP contribution in [0.1, 0.15) is 0 Å². The van der Waals surface area contributed by atoms with Crippen LogP contribution < -0.4 is 0 Å². The summed E-state index contributed by atoms with van der Waals surface area (Å²) in [6.45, 7) is 0. The van der Waals surface area contributed by atoms with Gasteiger partial charge in [-0.05, 0) is 246 Å². The minimum atomic E-state index is 1.11. The minimum absolute atomic E-state index is 1.11. The number of aromatic nitrogens is 4. The van der Waals surface area contributed by atoms with Crippen LogP contribution in [0, 0.1) is 0 Å². The summed E-state index contributed by atoms with van der Waals surface area (Å²) in [5.41, 5.74) is 35.1. The maximum absolute atomic E-state index is 2.44. The maximum Gasteiger partial charge on any atom is 0.0547 e. The average molecular weight is 1420 g/mol. The zero-order valence-corrected chi connectivity index (χ0v) is 61.2. The molecule has 0 unspecified atom stereocenters. The lowest BCUT2D eigenvalue weighted by Gasteiger charge is -2.14. The fourth-order valence-electron chi connectivity index (χ4n) is 17.7. The molecule has 112 heavy (non-hydrogen) atoms. The summed E-state index contributed by atoms with van der Waals surface area (Å²) in [5.74, 6) is 0. The lowest BCUT2D eigenvalue weighted by atomic mass is 9.91. The maximum atomic E-state index is 2.44. The van der Waals surface area contributed by atoms with Crippen molar-refractivity contribution in [3.05, 3.63) is 425 Å². The van der Waals surface area contributed by atoms with Crippen molar-refractivity contribution in [1.82, 2.24) is 18.3 Å². The van der Waals surface area contributed by atoms with Gasteiger partial charge in [-0.3, -0.25) is 0 Å². The molecule has 0 radical (unpaired) electrons. The monoisotopic (exact) mass is 1420 g/mol. The minimum Gasteiger partial charge on any atom is -0.309 e. The highest BCUT2D eigenvalue weighted by atomic mass is 15.0. The van der Waals surface area contributed by atoms with Gasteiger partial charge in [0, 0.05) is 65.8 Å². The zero-order chi connectivity index (χ0) is 73.7. The Kier molecular flexibility index (Phi) is 15.2. The predicted molar refractivity (Wildman–Crippen MR) is 473 cm³/mol. The number of hydrogen-bond donors (Lipinski definition) is 0. The lowest BCUT2D eigenvalue weighted by Crippen LogP contribution is -1.95. The molecule has 0 spiro atoms. The number of hydrogen-bond acceptors (Lipinski definition) is 0. The van der Waals surface area contributed by atoms with Crippen molar-refractivity contribution in [1.29, 1.82) is 0 Å².